The van der Waals surface area contributed by atoms with E-state index in [9.17, 15) is 17.6 Å². The van der Waals surface area contributed by atoms with Gasteiger partial charge in [0.05, 0.1) is 0 Å². The third-order valence-corrected chi connectivity index (χ3v) is 5.09. The fourth-order valence-electron chi connectivity index (χ4n) is 2.31. The molecular weight excluding hydrogens is 419 g/mol. The van der Waals surface area contributed by atoms with Crippen LogP contribution in [0.2, 0.25) is 0 Å². The molecule has 25 heavy (non-hydrogen) atoms. The van der Waals surface area contributed by atoms with Gasteiger partial charge in [-0.25, -0.2) is 0 Å². The molecule has 11 heteroatoms. The minimum Gasteiger partial charge on any atom is -1.00 e. The summed E-state index contributed by atoms with van der Waals surface area (Å²) in [5, 5.41) is 5.17. The molecule has 1 aliphatic rings. The number of rotatable bonds is 0. The molecule has 1 heterocycles. The van der Waals surface area contributed by atoms with Crippen LogP contribution < -0.4 is 35.4 Å². The van der Waals surface area contributed by atoms with E-state index in [-0.39, 0.29) is 76.7 Å². The maximum absolute atomic E-state index is 14.5. The molecule has 1 saturated heterocycles. The minimum absolute atomic E-state index is 0. The number of nitrogens with zero attached hydrogens (tertiary/aromatic N) is 2. The molecule has 1 fully saturated rings. The molecule has 149 valence electrons. The Kier molecular flexibility index (Phi) is 15.6. The van der Waals surface area contributed by atoms with Gasteiger partial charge in [0.25, 0.3) is 0 Å². The van der Waals surface area contributed by atoms with Gasteiger partial charge in [-0.2, -0.15) is 0 Å². The zero-order chi connectivity index (χ0) is 17.5. The van der Waals surface area contributed by atoms with Crippen molar-refractivity contribution in [1.29, 1.82) is 0 Å². The van der Waals surface area contributed by atoms with Gasteiger partial charge in [0.2, 0.25) is 0 Å². The molecule has 1 rings (SSSR count). The van der Waals surface area contributed by atoms with Gasteiger partial charge >= 0.3 is 147 Å². The van der Waals surface area contributed by atoms with Crippen LogP contribution in [0.3, 0.4) is 0 Å². The maximum Gasteiger partial charge on any atom is -1.00 e. The first-order chi connectivity index (χ1) is 10.7. The van der Waals surface area contributed by atoms with E-state index in [1.54, 1.807) is 14.1 Å². The standard InChI is InChI=1S/C14H27F4N4.2ClH.Ti/c1-21-9-5-12(16)19-7-3-11(15)20-8-4-13(17)22(2)10-6-14(21)18;;;/h11-12,14,19-20H,3-10H2,1-2H3;2*1H;/q;;;+2/p-2. The minimum atomic E-state index is -1.63. The van der Waals surface area contributed by atoms with Crippen molar-refractivity contribution in [3.05, 3.63) is 0 Å². The second-order valence-electron chi connectivity index (χ2n) is 6.06. The fourth-order valence-corrected chi connectivity index (χ4v) is 2.68. The average Bonchev–Trinajstić information content (AvgIpc) is 2.48. The molecular formula is C14H27Cl2F4N4Ti. The number of alkyl halides is 4. The molecule has 4 nitrogen and oxygen atoms in total. The van der Waals surface area contributed by atoms with E-state index in [1.807, 2.05) is 0 Å². The van der Waals surface area contributed by atoms with E-state index in [0.717, 1.165) is 0 Å². The first-order valence-corrected chi connectivity index (χ1v) is 8.75. The maximum atomic E-state index is 14.5. The Bertz CT molecular complexity index is 348. The van der Waals surface area contributed by atoms with Gasteiger partial charge in [0.15, 0.2) is 0 Å². The van der Waals surface area contributed by atoms with Gasteiger partial charge < -0.3 is 24.8 Å². The zero-order valence-electron chi connectivity index (χ0n) is 14.6. The van der Waals surface area contributed by atoms with Crippen molar-refractivity contribution in [2.75, 3.05) is 40.3 Å². The fraction of sp³-hybridized carbons (Fsp3) is 1.00. The van der Waals surface area contributed by atoms with Crippen LogP contribution in [0.1, 0.15) is 25.7 Å². The quantitative estimate of drug-likeness (QED) is 0.224. The summed E-state index contributed by atoms with van der Waals surface area (Å²) < 4.78 is 54.2. The number of nitrogens with one attached hydrogen (secondary N) is 2. The van der Waals surface area contributed by atoms with E-state index < -0.39 is 23.0 Å². The van der Waals surface area contributed by atoms with E-state index >= 15 is 0 Å². The molecule has 4 atom stereocenters. The molecule has 4 unspecified atom stereocenters. The molecule has 0 aromatic rings. The van der Waals surface area contributed by atoms with Crippen molar-refractivity contribution in [2.24, 2.45) is 0 Å². The molecule has 0 bridgehead atoms. The zero-order valence-corrected chi connectivity index (χ0v) is 17.6. The molecule has 0 amide bonds. The SMILES string of the molecule is CN1CCC(F)NCCC(F)NCC[C](F)([Ti+2])N(C)CCC1F.[Cl-].[Cl-]. The Hall–Kier alpha value is 0.854. The Balaban J connectivity index is 0. The summed E-state index contributed by atoms with van der Waals surface area (Å²) in [5.74, 6) is 0. The van der Waals surface area contributed by atoms with Gasteiger partial charge in [-0.3, -0.25) is 0 Å². The summed E-state index contributed by atoms with van der Waals surface area (Å²) in [6.07, 6.45) is -3.39. The van der Waals surface area contributed by atoms with Crippen molar-refractivity contribution in [3.63, 3.8) is 0 Å². The third-order valence-electron chi connectivity index (χ3n) is 4.11. The Morgan fingerprint density at radius 3 is 2.12 bits per heavy atom. The van der Waals surface area contributed by atoms with E-state index in [1.165, 1.54) is 30.2 Å². The third kappa shape index (κ3) is 11.3. The van der Waals surface area contributed by atoms with Crippen LogP contribution in [0.15, 0.2) is 0 Å². The van der Waals surface area contributed by atoms with E-state index in [4.69, 9.17) is 0 Å². The summed E-state index contributed by atoms with van der Waals surface area (Å²) >= 11 is 1.41. The molecule has 0 aromatic heterocycles. The van der Waals surface area contributed by atoms with Crippen LogP contribution in [0.5, 0.6) is 0 Å². The number of hydrogen-bond acceptors (Lipinski definition) is 4. The average molecular weight is 446 g/mol. The summed E-state index contributed by atoms with van der Waals surface area (Å²) in [6, 6.07) is 0. The Morgan fingerprint density at radius 2 is 1.48 bits per heavy atom. The molecule has 0 saturated carbocycles. The van der Waals surface area contributed by atoms with Crippen molar-refractivity contribution >= 4 is 0 Å². The molecule has 0 aromatic carbocycles. The monoisotopic (exact) mass is 445 g/mol. The molecule has 0 spiro atoms. The number of halogens is 6. The molecule has 0 radical (unpaired) electrons. The summed E-state index contributed by atoms with van der Waals surface area (Å²) in [6.45, 7) is 0.805. The largest absolute Gasteiger partial charge is 1.00 e. The predicted molar refractivity (Wildman–Crippen MR) is 78.3 cm³/mol. The van der Waals surface area contributed by atoms with Crippen LogP contribution in [0.4, 0.5) is 17.6 Å². The van der Waals surface area contributed by atoms with Crippen LogP contribution in [0.25, 0.3) is 0 Å². The van der Waals surface area contributed by atoms with Crippen molar-refractivity contribution in [1.82, 2.24) is 20.4 Å². The van der Waals surface area contributed by atoms with Gasteiger partial charge in [-0.15, -0.1) is 0 Å². The topological polar surface area (TPSA) is 30.5 Å². The Morgan fingerprint density at radius 1 is 0.920 bits per heavy atom. The first kappa shape index (κ1) is 28.1. The smallest absolute Gasteiger partial charge is 1.00 e. The van der Waals surface area contributed by atoms with Crippen molar-refractivity contribution in [2.45, 2.75) is 48.7 Å². The van der Waals surface area contributed by atoms with Gasteiger partial charge in [-0.1, -0.05) is 0 Å². The van der Waals surface area contributed by atoms with Gasteiger partial charge in [0.1, 0.15) is 0 Å². The van der Waals surface area contributed by atoms with Crippen molar-refractivity contribution < 1.29 is 62.8 Å². The molecule has 2 N–H and O–H groups in total. The van der Waals surface area contributed by atoms with Gasteiger partial charge in [-0.05, 0) is 0 Å². The van der Waals surface area contributed by atoms with Gasteiger partial charge in [0, 0.05) is 0 Å². The second kappa shape index (κ2) is 13.9. The predicted octanol–water partition coefficient (Wildman–Crippen LogP) is -4.33. The van der Waals surface area contributed by atoms with E-state index in [0.29, 0.717) is 0 Å². The molecule has 1 aliphatic heterocycles. The van der Waals surface area contributed by atoms with Crippen LogP contribution in [-0.4, -0.2) is 73.1 Å². The van der Waals surface area contributed by atoms with Crippen LogP contribution >= 0.6 is 0 Å². The van der Waals surface area contributed by atoms with Crippen LogP contribution in [-0.2, 0) is 20.4 Å². The second-order valence-corrected chi connectivity index (χ2v) is 7.25. The normalized spacial score (nSPS) is 35.4. The summed E-state index contributed by atoms with van der Waals surface area (Å²) in [5.41, 5.74) is 0. The van der Waals surface area contributed by atoms with Crippen molar-refractivity contribution in [3.8, 4) is 0 Å². The van der Waals surface area contributed by atoms with E-state index in [2.05, 4.69) is 10.6 Å². The van der Waals surface area contributed by atoms with Crippen LogP contribution in [0, 0.1) is 0 Å². The molecule has 0 aliphatic carbocycles. The summed E-state index contributed by atoms with van der Waals surface area (Å²) in [4.78, 5) is 2.86. The summed E-state index contributed by atoms with van der Waals surface area (Å²) in [7, 11) is 3.17. The number of hydrogen-bond donors (Lipinski definition) is 2. The first-order valence-electron chi connectivity index (χ1n) is 7.97. The Labute approximate surface area is 172 Å².